The second-order valence-electron chi connectivity index (χ2n) is 6.42. The van der Waals surface area contributed by atoms with Crippen LogP contribution in [0.5, 0.6) is 17.2 Å². The first-order chi connectivity index (χ1) is 14.0. The molecule has 2 aromatic rings. The minimum absolute atomic E-state index is 0.0793. The molecule has 8 nitrogen and oxygen atoms in total. The van der Waals surface area contributed by atoms with Crippen molar-refractivity contribution in [1.82, 2.24) is 5.32 Å². The number of carbonyl (C=O) groups is 3. The number of barbiturate groups is 1. The molecule has 0 aliphatic carbocycles. The average molecular weight is 394 g/mol. The van der Waals surface area contributed by atoms with Crippen LogP contribution >= 0.6 is 0 Å². The first kappa shape index (κ1) is 18.5. The summed E-state index contributed by atoms with van der Waals surface area (Å²) in [5.74, 6) is -0.0511. The smallest absolute Gasteiger partial charge is 0.335 e. The Labute approximate surface area is 166 Å². The molecule has 29 heavy (non-hydrogen) atoms. The summed E-state index contributed by atoms with van der Waals surface area (Å²) in [6.07, 6.45) is 1.39. The molecule has 0 atom stereocenters. The van der Waals surface area contributed by atoms with E-state index in [-0.39, 0.29) is 12.4 Å². The normalized spacial score (nSPS) is 17.0. The number of urea groups is 1. The highest BCUT2D eigenvalue weighted by Gasteiger charge is 2.37. The molecule has 1 fully saturated rings. The second-order valence-corrected chi connectivity index (χ2v) is 6.42. The van der Waals surface area contributed by atoms with Crippen LogP contribution in [0.25, 0.3) is 6.08 Å². The number of rotatable bonds is 4. The maximum atomic E-state index is 13.1. The molecule has 148 valence electrons. The van der Waals surface area contributed by atoms with Crippen molar-refractivity contribution >= 4 is 29.6 Å². The van der Waals surface area contributed by atoms with Crippen LogP contribution in [0.4, 0.5) is 10.5 Å². The molecule has 0 aromatic heterocycles. The largest absolute Gasteiger partial charge is 0.493 e. The summed E-state index contributed by atoms with van der Waals surface area (Å²) in [6, 6.07) is 9.43. The van der Waals surface area contributed by atoms with Crippen LogP contribution in [0.3, 0.4) is 0 Å². The van der Waals surface area contributed by atoms with Gasteiger partial charge >= 0.3 is 6.03 Å². The maximum absolute atomic E-state index is 13.1. The number of hydrogen-bond acceptors (Lipinski definition) is 6. The van der Waals surface area contributed by atoms with Crippen LogP contribution in [-0.2, 0) is 9.59 Å². The van der Waals surface area contributed by atoms with Crippen molar-refractivity contribution in [3.8, 4) is 17.2 Å². The Hall–Kier alpha value is -3.81. The Balaban J connectivity index is 1.79. The molecular weight excluding hydrogens is 376 g/mol. The number of anilines is 1. The van der Waals surface area contributed by atoms with Crippen LogP contribution < -0.4 is 24.4 Å². The summed E-state index contributed by atoms with van der Waals surface area (Å²) in [6.45, 7) is 4.05. The molecule has 0 radical (unpaired) electrons. The van der Waals surface area contributed by atoms with Gasteiger partial charge in [-0.15, -0.1) is 0 Å². The van der Waals surface area contributed by atoms with Gasteiger partial charge in [0.1, 0.15) is 11.3 Å². The zero-order valence-corrected chi connectivity index (χ0v) is 15.9. The predicted octanol–water partition coefficient (Wildman–Crippen LogP) is 2.79. The Morgan fingerprint density at radius 2 is 1.86 bits per heavy atom. The fourth-order valence-electron chi connectivity index (χ4n) is 3.18. The third-order valence-corrected chi connectivity index (χ3v) is 4.56. The lowest BCUT2D eigenvalue weighted by Crippen LogP contribution is -2.54. The van der Waals surface area contributed by atoms with Gasteiger partial charge in [0.05, 0.1) is 12.3 Å². The molecule has 2 aliphatic rings. The molecule has 1 N–H and O–H groups in total. The number of hydrogen-bond donors (Lipinski definition) is 1. The Morgan fingerprint density at radius 1 is 1.14 bits per heavy atom. The summed E-state index contributed by atoms with van der Waals surface area (Å²) in [5.41, 5.74) is 1.41. The van der Waals surface area contributed by atoms with Gasteiger partial charge in [0.2, 0.25) is 6.79 Å². The highest BCUT2D eigenvalue weighted by atomic mass is 16.7. The second kappa shape index (κ2) is 7.31. The molecule has 0 spiro atoms. The number of imide groups is 2. The molecule has 2 heterocycles. The van der Waals surface area contributed by atoms with E-state index in [2.05, 4.69) is 5.32 Å². The standard InChI is InChI=1S/C21H18N2O6/c1-3-27-16-10-18-17(28-11-29-18)9-13(16)8-14-19(24)22-21(26)23(20(14)25)15-7-5-4-6-12(15)2/h4-10H,3,11H2,1-2H3,(H,22,24,26)/b14-8+. The SMILES string of the molecule is CCOc1cc2c(cc1/C=C1\C(=O)NC(=O)N(c3ccccc3C)C1=O)OCO2. The van der Waals surface area contributed by atoms with E-state index in [0.717, 1.165) is 10.5 Å². The molecule has 1 saturated heterocycles. The monoisotopic (exact) mass is 394 g/mol. The van der Waals surface area contributed by atoms with Gasteiger partial charge in [-0.25, -0.2) is 9.69 Å². The van der Waals surface area contributed by atoms with E-state index in [1.54, 1.807) is 43.3 Å². The first-order valence-electron chi connectivity index (χ1n) is 9.03. The number of amides is 4. The molecular formula is C21H18N2O6. The van der Waals surface area contributed by atoms with Gasteiger partial charge in [-0.3, -0.25) is 14.9 Å². The lowest BCUT2D eigenvalue weighted by Gasteiger charge is -2.27. The minimum atomic E-state index is -0.790. The molecule has 8 heteroatoms. The van der Waals surface area contributed by atoms with Gasteiger partial charge in [-0.05, 0) is 37.6 Å². The van der Waals surface area contributed by atoms with E-state index < -0.39 is 17.8 Å². The third kappa shape index (κ3) is 3.29. The summed E-state index contributed by atoms with van der Waals surface area (Å²) in [7, 11) is 0. The van der Waals surface area contributed by atoms with Gasteiger partial charge < -0.3 is 14.2 Å². The molecule has 0 saturated carbocycles. The summed E-state index contributed by atoms with van der Waals surface area (Å²) >= 11 is 0. The lowest BCUT2D eigenvalue weighted by molar-refractivity contribution is -0.122. The molecule has 0 bridgehead atoms. The summed E-state index contributed by atoms with van der Waals surface area (Å²) in [4.78, 5) is 38.9. The molecule has 2 aromatic carbocycles. The van der Waals surface area contributed by atoms with Gasteiger partial charge in [0, 0.05) is 11.6 Å². The highest BCUT2D eigenvalue weighted by molar-refractivity contribution is 6.39. The van der Waals surface area contributed by atoms with Gasteiger partial charge in [-0.1, -0.05) is 18.2 Å². The van der Waals surface area contributed by atoms with Crippen LogP contribution in [0, 0.1) is 6.92 Å². The average Bonchev–Trinajstić information content (AvgIpc) is 3.14. The van der Waals surface area contributed by atoms with Crippen molar-refractivity contribution in [2.24, 2.45) is 0 Å². The highest BCUT2D eigenvalue weighted by Crippen LogP contribution is 2.39. The zero-order valence-electron chi connectivity index (χ0n) is 15.9. The summed E-state index contributed by atoms with van der Waals surface area (Å²) < 4.78 is 16.4. The molecule has 4 rings (SSSR count). The number of aryl methyl sites for hydroxylation is 1. The fourth-order valence-corrected chi connectivity index (χ4v) is 3.18. The number of para-hydroxylation sites is 1. The quantitative estimate of drug-likeness (QED) is 0.633. The van der Waals surface area contributed by atoms with E-state index in [1.165, 1.54) is 6.08 Å². The van der Waals surface area contributed by atoms with Crippen molar-refractivity contribution in [2.75, 3.05) is 18.3 Å². The van der Waals surface area contributed by atoms with Crippen molar-refractivity contribution in [3.63, 3.8) is 0 Å². The Kier molecular flexibility index (Phi) is 4.67. The van der Waals surface area contributed by atoms with Crippen molar-refractivity contribution < 1.29 is 28.6 Å². The van der Waals surface area contributed by atoms with Gasteiger partial charge in [-0.2, -0.15) is 0 Å². The van der Waals surface area contributed by atoms with Crippen LogP contribution in [-0.4, -0.2) is 31.2 Å². The van der Waals surface area contributed by atoms with Crippen molar-refractivity contribution in [3.05, 3.63) is 53.1 Å². The van der Waals surface area contributed by atoms with E-state index in [0.29, 0.717) is 35.1 Å². The predicted molar refractivity (Wildman–Crippen MR) is 104 cm³/mol. The van der Waals surface area contributed by atoms with Crippen LogP contribution in [0.2, 0.25) is 0 Å². The lowest BCUT2D eigenvalue weighted by atomic mass is 10.0. The topological polar surface area (TPSA) is 94.2 Å². The molecule has 0 unspecified atom stereocenters. The minimum Gasteiger partial charge on any atom is -0.493 e. The van der Waals surface area contributed by atoms with E-state index in [1.807, 2.05) is 6.92 Å². The van der Waals surface area contributed by atoms with Crippen LogP contribution in [0.1, 0.15) is 18.1 Å². The Morgan fingerprint density at radius 3 is 2.59 bits per heavy atom. The number of nitrogens with zero attached hydrogens (tertiary/aromatic N) is 1. The zero-order chi connectivity index (χ0) is 20.5. The number of benzene rings is 2. The fraction of sp³-hybridized carbons (Fsp3) is 0.190. The maximum Gasteiger partial charge on any atom is 0.335 e. The van der Waals surface area contributed by atoms with E-state index in [9.17, 15) is 14.4 Å². The number of carbonyl (C=O) groups excluding carboxylic acids is 3. The van der Waals surface area contributed by atoms with Gasteiger partial charge in [0.15, 0.2) is 11.5 Å². The van der Waals surface area contributed by atoms with Gasteiger partial charge in [0.25, 0.3) is 11.8 Å². The Bertz CT molecular complexity index is 1060. The molecule has 4 amide bonds. The van der Waals surface area contributed by atoms with E-state index >= 15 is 0 Å². The van der Waals surface area contributed by atoms with Crippen molar-refractivity contribution in [1.29, 1.82) is 0 Å². The van der Waals surface area contributed by atoms with Crippen molar-refractivity contribution in [2.45, 2.75) is 13.8 Å². The van der Waals surface area contributed by atoms with Crippen LogP contribution in [0.15, 0.2) is 42.0 Å². The number of ether oxygens (including phenoxy) is 3. The van der Waals surface area contributed by atoms with E-state index in [4.69, 9.17) is 14.2 Å². The number of nitrogens with one attached hydrogen (secondary N) is 1. The summed E-state index contributed by atoms with van der Waals surface area (Å²) in [5, 5.41) is 2.22. The first-order valence-corrected chi connectivity index (χ1v) is 9.03. The third-order valence-electron chi connectivity index (χ3n) is 4.56. The molecule has 2 aliphatic heterocycles. The number of fused-ring (bicyclic) bond motifs is 1.